The van der Waals surface area contributed by atoms with Crippen LogP contribution in [0.4, 0.5) is 0 Å². The standard InChI is InChI=1S/C26H27N3O2S/c1-29-14-11-21(12-15-29)31-25(26-28-23-9-2-3-10-24(23)32-26)20-7-4-8-22(16-20)30-18-19-6-5-13-27-17-19/h2-10,13,16-17,21,25H,11-12,14-15,18H2,1H3. The van der Waals surface area contributed by atoms with E-state index in [1.807, 2.05) is 36.5 Å². The smallest absolute Gasteiger partial charge is 0.135 e. The third kappa shape index (κ3) is 4.99. The van der Waals surface area contributed by atoms with E-state index in [9.17, 15) is 0 Å². The van der Waals surface area contributed by atoms with Crippen LogP contribution in [0.15, 0.2) is 73.1 Å². The topological polar surface area (TPSA) is 47.5 Å². The number of hydrogen-bond donors (Lipinski definition) is 0. The summed E-state index contributed by atoms with van der Waals surface area (Å²) in [5.74, 6) is 0.824. The first-order chi connectivity index (χ1) is 15.7. The lowest BCUT2D eigenvalue weighted by molar-refractivity contribution is -0.0235. The maximum absolute atomic E-state index is 6.71. The lowest BCUT2D eigenvalue weighted by atomic mass is 10.1. The van der Waals surface area contributed by atoms with Crippen LogP contribution in [0.25, 0.3) is 10.2 Å². The Bertz CT molecular complexity index is 1120. The highest BCUT2D eigenvalue weighted by atomic mass is 32.1. The second kappa shape index (κ2) is 9.77. The lowest BCUT2D eigenvalue weighted by Crippen LogP contribution is -2.35. The Balaban J connectivity index is 1.41. The molecule has 6 heteroatoms. The van der Waals surface area contributed by atoms with E-state index in [-0.39, 0.29) is 12.2 Å². The Morgan fingerprint density at radius 3 is 2.75 bits per heavy atom. The molecule has 1 saturated heterocycles. The molecule has 1 unspecified atom stereocenters. The maximum Gasteiger partial charge on any atom is 0.135 e. The van der Waals surface area contributed by atoms with E-state index < -0.39 is 0 Å². The van der Waals surface area contributed by atoms with Crippen molar-refractivity contribution in [1.29, 1.82) is 0 Å². The third-order valence-electron chi connectivity index (χ3n) is 5.82. The van der Waals surface area contributed by atoms with E-state index in [1.165, 1.54) is 4.70 Å². The molecule has 164 valence electrons. The molecule has 32 heavy (non-hydrogen) atoms. The van der Waals surface area contributed by atoms with Gasteiger partial charge in [0, 0.05) is 31.0 Å². The Hall–Kier alpha value is -2.80. The maximum atomic E-state index is 6.71. The zero-order valence-electron chi connectivity index (χ0n) is 18.2. The number of likely N-dealkylation sites (tertiary alicyclic amines) is 1. The van der Waals surface area contributed by atoms with Gasteiger partial charge in [0.05, 0.1) is 16.3 Å². The number of piperidine rings is 1. The van der Waals surface area contributed by atoms with Gasteiger partial charge in [-0.25, -0.2) is 4.98 Å². The molecule has 0 N–H and O–H groups in total. The van der Waals surface area contributed by atoms with Gasteiger partial charge in [0.25, 0.3) is 0 Å². The molecule has 2 aromatic heterocycles. The van der Waals surface area contributed by atoms with Gasteiger partial charge in [0.15, 0.2) is 0 Å². The molecule has 0 aliphatic carbocycles. The van der Waals surface area contributed by atoms with E-state index >= 15 is 0 Å². The van der Waals surface area contributed by atoms with Gasteiger partial charge in [-0.3, -0.25) is 4.98 Å². The average molecular weight is 446 g/mol. The van der Waals surface area contributed by atoms with Crippen LogP contribution in [0, 0.1) is 0 Å². The van der Waals surface area contributed by atoms with Gasteiger partial charge in [-0.05, 0) is 55.8 Å². The third-order valence-corrected chi connectivity index (χ3v) is 6.90. The van der Waals surface area contributed by atoms with Crippen molar-refractivity contribution < 1.29 is 9.47 Å². The number of fused-ring (bicyclic) bond motifs is 1. The van der Waals surface area contributed by atoms with Crippen molar-refractivity contribution in [3.63, 3.8) is 0 Å². The monoisotopic (exact) mass is 445 g/mol. The van der Waals surface area contributed by atoms with Crippen LogP contribution in [0.1, 0.15) is 35.1 Å². The Kier molecular flexibility index (Phi) is 6.44. The fraction of sp³-hybridized carbons (Fsp3) is 0.308. The Morgan fingerprint density at radius 1 is 1.06 bits per heavy atom. The van der Waals surface area contributed by atoms with Crippen LogP contribution in [0.3, 0.4) is 0 Å². The highest BCUT2D eigenvalue weighted by Gasteiger charge is 2.26. The number of para-hydroxylation sites is 1. The van der Waals surface area contributed by atoms with Crippen LogP contribution in [0.5, 0.6) is 5.75 Å². The van der Waals surface area contributed by atoms with Crippen molar-refractivity contribution in [3.8, 4) is 5.75 Å². The summed E-state index contributed by atoms with van der Waals surface area (Å²) >= 11 is 1.71. The second-order valence-corrected chi connectivity index (χ2v) is 9.32. The molecular weight excluding hydrogens is 418 g/mol. The van der Waals surface area contributed by atoms with Crippen LogP contribution < -0.4 is 4.74 Å². The van der Waals surface area contributed by atoms with Crippen molar-refractivity contribution >= 4 is 21.6 Å². The number of rotatable bonds is 7. The van der Waals surface area contributed by atoms with Gasteiger partial charge >= 0.3 is 0 Å². The van der Waals surface area contributed by atoms with Crippen molar-refractivity contribution in [1.82, 2.24) is 14.9 Å². The predicted molar refractivity (Wildman–Crippen MR) is 128 cm³/mol. The molecule has 4 aromatic rings. The molecule has 2 aromatic carbocycles. The van der Waals surface area contributed by atoms with Crippen molar-refractivity contribution in [2.45, 2.75) is 31.7 Å². The Morgan fingerprint density at radius 2 is 1.94 bits per heavy atom. The van der Waals surface area contributed by atoms with Crippen molar-refractivity contribution in [2.24, 2.45) is 0 Å². The minimum atomic E-state index is -0.206. The minimum absolute atomic E-state index is 0.206. The average Bonchev–Trinajstić information content (AvgIpc) is 3.27. The molecule has 5 nitrogen and oxygen atoms in total. The molecular formula is C26H27N3O2S. The van der Waals surface area contributed by atoms with E-state index in [1.54, 1.807) is 17.5 Å². The first-order valence-corrected chi connectivity index (χ1v) is 11.9. The predicted octanol–water partition coefficient (Wildman–Crippen LogP) is 5.47. The summed E-state index contributed by atoms with van der Waals surface area (Å²) in [4.78, 5) is 11.5. The molecule has 0 radical (unpaired) electrons. The minimum Gasteiger partial charge on any atom is -0.489 e. The Labute approximate surface area is 192 Å². The molecule has 0 amide bonds. The van der Waals surface area contributed by atoms with Gasteiger partial charge in [0.2, 0.25) is 0 Å². The summed E-state index contributed by atoms with van der Waals surface area (Å²) in [6.07, 6.45) is 5.69. The van der Waals surface area contributed by atoms with E-state index in [2.05, 4.69) is 47.3 Å². The quantitative estimate of drug-likeness (QED) is 0.377. The summed E-state index contributed by atoms with van der Waals surface area (Å²) < 4.78 is 14.0. The molecule has 0 spiro atoms. The molecule has 1 aliphatic heterocycles. The molecule has 1 aliphatic rings. The van der Waals surface area contributed by atoms with E-state index in [0.29, 0.717) is 6.61 Å². The molecule has 0 bridgehead atoms. The summed E-state index contributed by atoms with van der Waals surface area (Å²) in [7, 11) is 2.17. The fourth-order valence-corrected chi connectivity index (χ4v) is 5.05. The highest BCUT2D eigenvalue weighted by molar-refractivity contribution is 7.18. The zero-order valence-corrected chi connectivity index (χ0v) is 19.0. The second-order valence-electron chi connectivity index (χ2n) is 8.26. The first kappa shape index (κ1) is 21.1. The molecule has 0 saturated carbocycles. The number of benzene rings is 2. The molecule has 1 atom stereocenters. The van der Waals surface area contributed by atoms with Crippen LogP contribution >= 0.6 is 11.3 Å². The SMILES string of the molecule is CN1CCC(OC(c2cccc(OCc3cccnc3)c2)c2nc3ccccc3s2)CC1. The van der Waals surface area contributed by atoms with Gasteiger partial charge in [0.1, 0.15) is 23.5 Å². The van der Waals surface area contributed by atoms with Crippen molar-refractivity contribution in [2.75, 3.05) is 20.1 Å². The van der Waals surface area contributed by atoms with E-state index in [0.717, 1.165) is 53.3 Å². The van der Waals surface area contributed by atoms with Gasteiger partial charge in [-0.1, -0.05) is 30.3 Å². The largest absolute Gasteiger partial charge is 0.489 e. The van der Waals surface area contributed by atoms with Crippen LogP contribution in [-0.2, 0) is 11.3 Å². The number of hydrogen-bond acceptors (Lipinski definition) is 6. The van der Waals surface area contributed by atoms with E-state index in [4.69, 9.17) is 14.5 Å². The van der Waals surface area contributed by atoms with Gasteiger partial charge < -0.3 is 14.4 Å². The summed E-state index contributed by atoms with van der Waals surface area (Å²) in [5.41, 5.74) is 3.14. The molecule has 5 rings (SSSR count). The first-order valence-electron chi connectivity index (χ1n) is 11.1. The number of nitrogens with zero attached hydrogens (tertiary/aromatic N) is 3. The number of thiazole rings is 1. The lowest BCUT2D eigenvalue weighted by Gasteiger charge is -2.31. The highest BCUT2D eigenvalue weighted by Crippen LogP contribution is 2.36. The van der Waals surface area contributed by atoms with Crippen molar-refractivity contribution in [3.05, 3.63) is 89.2 Å². The van der Waals surface area contributed by atoms with Gasteiger partial charge in [-0.2, -0.15) is 0 Å². The fourth-order valence-electron chi connectivity index (χ4n) is 4.01. The number of ether oxygens (including phenoxy) is 2. The normalized spacial score (nSPS) is 16.3. The summed E-state index contributed by atoms with van der Waals surface area (Å²) in [5, 5.41) is 0.995. The zero-order chi connectivity index (χ0) is 21.8. The summed E-state index contributed by atoms with van der Waals surface area (Å²) in [6, 6.07) is 20.4. The molecule has 3 heterocycles. The van der Waals surface area contributed by atoms with Crippen LogP contribution in [0.2, 0.25) is 0 Å². The number of pyridine rings is 1. The number of aromatic nitrogens is 2. The van der Waals surface area contributed by atoms with Crippen LogP contribution in [-0.4, -0.2) is 41.1 Å². The summed E-state index contributed by atoms with van der Waals surface area (Å²) in [6.45, 7) is 2.61. The molecule has 1 fully saturated rings. The van der Waals surface area contributed by atoms with Gasteiger partial charge in [-0.15, -0.1) is 11.3 Å².